The van der Waals surface area contributed by atoms with E-state index in [1.54, 1.807) is 11.8 Å². The summed E-state index contributed by atoms with van der Waals surface area (Å²) in [5.41, 5.74) is 1.91. The van der Waals surface area contributed by atoms with Crippen LogP contribution in [0.1, 0.15) is 25.1 Å². The lowest BCUT2D eigenvalue weighted by Crippen LogP contribution is -2.46. The molecule has 2 aromatic carbocycles. The van der Waals surface area contributed by atoms with Gasteiger partial charge in [0.25, 0.3) is 0 Å². The van der Waals surface area contributed by atoms with E-state index in [1.165, 1.54) is 0 Å². The molecule has 1 unspecified atom stereocenters. The van der Waals surface area contributed by atoms with E-state index in [0.29, 0.717) is 24.5 Å². The van der Waals surface area contributed by atoms with Crippen molar-refractivity contribution in [1.82, 2.24) is 20.3 Å². The highest BCUT2D eigenvalue weighted by Gasteiger charge is 2.33. The summed E-state index contributed by atoms with van der Waals surface area (Å²) < 4.78 is 12.9. The molecule has 0 radical (unpaired) electrons. The third kappa shape index (κ3) is 3.81. The van der Waals surface area contributed by atoms with E-state index < -0.39 is 5.54 Å². The molecule has 150 valence electrons. The number of aromatic nitrogens is 3. The van der Waals surface area contributed by atoms with Gasteiger partial charge in [-0.2, -0.15) is 0 Å². The first-order valence-corrected chi connectivity index (χ1v) is 9.57. The standard InChI is InChI=1S/C22H24N4O3/c1-22(2,19-13-26(25-24-19)17-9-5-4-6-10-17)23-21(27)16-12-15-8-7-11-18(28-3)20(15)29-14-16/h4-11,13,16H,12,14H2,1-3H3,(H,23,27). The summed E-state index contributed by atoms with van der Waals surface area (Å²) in [6.07, 6.45) is 2.44. The van der Waals surface area contributed by atoms with Gasteiger partial charge >= 0.3 is 0 Å². The first-order valence-electron chi connectivity index (χ1n) is 9.57. The van der Waals surface area contributed by atoms with Crippen LogP contribution < -0.4 is 14.8 Å². The van der Waals surface area contributed by atoms with E-state index in [-0.39, 0.29) is 11.8 Å². The number of carbonyl (C=O) groups is 1. The fourth-order valence-electron chi connectivity index (χ4n) is 3.45. The number of amides is 1. The van der Waals surface area contributed by atoms with Crippen LogP contribution in [0.4, 0.5) is 0 Å². The molecule has 3 aromatic rings. The Morgan fingerprint density at radius 1 is 1.21 bits per heavy atom. The van der Waals surface area contributed by atoms with Crippen molar-refractivity contribution in [3.05, 3.63) is 66.0 Å². The van der Waals surface area contributed by atoms with Crippen molar-refractivity contribution in [1.29, 1.82) is 0 Å². The smallest absolute Gasteiger partial charge is 0.227 e. The normalized spacial score (nSPS) is 15.9. The highest BCUT2D eigenvalue weighted by Crippen LogP contribution is 2.36. The molecular weight excluding hydrogens is 368 g/mol. The number of benzene rings is 2. The summed E-state index contributed by atoms with van der Waals surface area (Å²) >= 11 is 0. The van der Waals surface area contributed by atoms with Crippen LogP contribution in [0.15, 0.2) is 54.7 Å². The molecule has 29 heavy (non-hydrogen) atoms. The Morgan fingerprint density at radius 3 is 2.76 bits per heavy atom. The second kappa shape index (κ2) is 7.58. The van der Waals surface area contributed by atoms with Gasteiger partial charge in [-0.05, 0) is 44.0 Å². The molecule has 0 saturated heterocycles. The highest BCUT2D eigenvalue weighted by atomic mass is 16.5. The zero-order valence-electron chi connectivity index (χ0n) is 16.8. The van der Waals surface area contributed by atoms with E-state index in [1.807, 2.05) is 68.6 Å². The van der Waals surface area contributed by atoms with E-state index in [0.717, 1.165) is 17.0 Å². The maximum Gasteiger partial charge on any atom is 0.227 e. The van der Waals surface area contributed by atoms with Gasteiger partial charge in [-0.1, -0.05) is 35.5 Å². The molecular formula is C22H24N4O3. The Labute approximate surface area is 169 Å². The molecule has 1 aliphatic rings. The minimum Gasteiger partial charge on any atom is -0.493 e. The van der Waals surface area contributed by atoms with Crippen molar-refractivity contribution >= 4 is 5.91 Å². The average Bonchev–Trinajstić information content (AvgIpc) is 3.24. The van der Waals surface area contributed by atoms with Crippen LogP contribution in [0.5, 0.6) is 11.5 Å². The van der Waals surface area contributed by atoms with Crippen molar-refractivity contribution in [2.24, 2.45) is 5.92 Å². The molecule has 0 fully saturated rings. The predicted molar refractivity (Wildman–Crippen MR) is 108 cm³/mol. The lowest BCUT2D eigenvalue weighted by atomic mass is 9.93. The molecule has 2 heterocycles. The molecule has 1 aliphatic heterocycles. The Hall–Kier alpha value is -3.35. The van der Waals surface area contributed by atoms with Crippen LogP contribution in [0, 0.1) is 5.92 Å². The van der Waals surface area contributed by atoms with Crippen molar-refractivity contribution in [2.75, 3.05) is 13.7 Å². The minimum absolute atomic E-state index is 0.0715. The van der Waals surface area contributed by atoms with Gasteiger partial charge in [0.15, 0.2) is 11.5 Å². The molecule has 0 spiro atoms. The Balaban J connectivity index is 1.47. The zero-order valence-corrected chi connectivity index (χ0v) is 16.8. The fourth-order valence-corrected chi connectivity index (χ4v) is 3.45. The van der Waals surface area contributed by atoms with Gasteiger partial charge in [0.05, 0.1) is 30.5 Å². The maximum absolute atomic E-state index is 13.0. The number of hydrogen-bond donors (Lipinski definition) is 1. The lowest BCUT2D eigenvalue weighted by Gasteiger charge is -2.30. The second-order valence-electron chi connectivity index (χ2n) is 7.66. The maximum atomic E-state index is 13.0. The Bertz CT molecular complexity index is 1010. The molecule has 1 amide bonds. The predicted octanol–water partition coefficient (Wildman–Crippen LogP) is 2.88. The monoisotopic (exact) mass is 392 g/mol. The van der Waals surface area contributed by atoms with E-state index in [9.17, 15) is 4.79 Å². The van der Waals surface area contributed by atoms with Gasteiger partial charge in [0, 0.05) is 0 Å². The van der Waals surface area contributed by atoms with Gasteiger partial charge in [0.1, 0.15) is 12.3 Å². The number of nitrogens with zero attached hydrogens (tertiary/aromatic N) is 3. The number of fused-ring (bicyclic) bond motifs is 1. The molecule has 1 N–H and O–H groups in total. The molecule has 7 heteroatoms. The van der Waals surface area contributed by atoms with Gasteiger partial charge in [-0.15, -0.1) is 5.10 Å². The number of rotatable bonds is 5. The molecule has 0 bridgehead atoms. The summed E-state index contributed by atoms with van der Waals surface area (Å²) in [6.45, 7) is 4.15. The topological polar surface area (TPSA) is 78.3 Å². The second-order valence-corrected chi connectivity index (χ2v) is 7.66. The quantitative estimate of drug-likeness (QED) is 0.722. The molecule has 1 atom stereocenters. The molecule has 0 aliphatic carbocycles. The number of carbonyl (C=O) groups excluding carboxylic acids is 1. The first-order chi connectivity index (χ1) is 14.0. The van der Waals surface area contributed by atoms with Crippen LogP contribution in [-0.4, -0.2) is 34.6 Å². The van der Waals surface area contributed by atoms with Crippen molar-refractivity contribution in [2.45, 2.75) is 25.8 Å². The van der Waals surface area contributed by atoms with Crippen LogP contribution >= 0.6 is 0 Å². The summed E-state index contributed by atoms with van der Waals surface area (Å²) in [4.78, 5) is 13.0. The Kier molecular flexibility index (Phi) is 4.96. The van der Waals surface area contributed by atoms with Crippen LogP contribution in [0.3, 0.4) is 0 Å². The van der Waals surface area contributed by atoms with Gasteiger partial charge < -0.3 is 14.8 Å². The average molecular weight is 392 g/mol. The van der Waals surface area contributed by atoms with Crippen LogP contribution in [0.25, 0.3) is 5.69 Å². The first kappa shape index (κ1) is 19.0. The minimum atomic E-state index is -0.668. The molecule has 4 rings (SSSR count). The van der Waals surface area contributed by atoms with Crippen molar-refractivity contribution in [3.8, 4) is 17.2 Å². The summed E-state index contributed by atoms with van der Waals surface area (Å²) in [5.74, 6) is 1.07. The molecule has 1 aromatic heterocycles. The number of hydrogen-bond acceptors (Lipinski definition) is 5. The summed E-state index contributed by atoms with van der Waals surface area (Å²) in [6, 6.07) is 15.5. The van der Waals surface area contributed by atoms with Crippen LogP contribution in [0.2, 0.25) is 0 Å². The number of ether oxygens (including phenoxy) is 2. The number of para-hydroxylation sites is 2. The highest BCUT2D eigenvalue weighted by molar-refractivity contribution is 5.80. The molecule has 7 nitrogen and oxygen atoms in total. The van der Waals surface area contributed by atoms with Gasteiger partial charge in [0.2, 0.25) is 5.91 Å². The fraction of sp³-hybridized carbons (Fsp3) is 0.318. The third-order valence-electron chi connectivity index (χ3n) is 5.14. The number of nitrogens with one attached hydrogen (secondary N) is 1. The summed E-state index contributed by atoms with van der Waals surface area (Å²) in [7, 11) is 1.61. The van der Waals surface area contributed by atoms with Crippen LogP contribution in [-0.2, 0) is 16.8 Å². The van der Waals surface area contributed by atoms with Crippen molar-refractivity contribution < 1.29 is 14.3 Å². The van der Waals surface area contributed by atoms with Gasteiger partial charge in [-0.3, -0.25) is 4.79 Å². The van der Waals surface area contributed by atoms with E-state index in [4.69, 9.17) is 9.47 Å². The van der Waals surface area contributed by atoms with Gasteiger partial charge in [-0.25, -0.2) is 4.68 Å². The Morgan fingerprint density at radius 2 is 2.00 bits per heavy atom. The lowest BCUT2D eigenvalue weighted by molar-refractivity contribution is -0.128. The van der Waals surface area contributed by atoms with E-state index in [2.05, 4.69) is 15.6 Å². The van der Waals surface area contributed by atoms with Crippen molar-refractivity contribution in [3.63, 3.8) is 0 Å². The SMILES string of the molecule is COc1cccc2c1OCC(C(=O)NC(C)(C)c1cn(-c3ccccc3)nn1)C2. The third-order valence-corrected chi connectivity index (χ3v) is 5.14. The zero-order chi connectivity index (χ0) is 20.4. The molecule has 0 saturated carbocycles. The largest absolute Gasteiger partial charge is 0.493 e. The number of methoxy groups -OCH3 is 1. The van der Waals surface area contributed by atoms with E-state index >= 15 is 0 Å². The summed E-state index contributed by atoms with van der Waals surface area (Å²) in [5, 5.41) is 11.6.